The van der Waals surface area contributed by atoms with Crippen molar-refractivity contribution in [2.24, 2.45) is 5.92 Å². The van der Waals surface area contributed by atoms with Gasteiger partial charge in [-0.2, -0.15) is 10.4 Å². The van der Waals surface area contributed by atoms with Crippen LogP contribution < -0.4 is 5.32 Å². The molecule has 0 aromatic carbocycles. The van der Waals surface area contributed by atoms with Gasteiger partial charge in [-0.3, -0.25) is 4.68 Å². The predicted molar refractivity (Wildman–Crippen MR) is 57.1 cm³/mol. The van der Waals surface area contributed by atoms with Gasteiger partial charge in [0.1, 0.15) is 5.54 Å². The first-order valence-electron chi connectivity index (χ1n) is 5.30. The Bertz CT molecular complexity index is 386. The van der Waals surface area contributed by atoms with Gasteiger partial charge in [0.05, 0.1) is 12.6 Å². The second-order valence-corrected chi connectivity index (χ2v) is 4.24. The number of aryl methyl sites for hydroxylation is 1. The molecule has 15 heavy (non-hydrogen) atoms. The largest absolute Gasteiger partial charge is 0.301 e. The molecule has 1 atom stereocenters. The van der Waals surface area contributed by atoms with Crippen LogP contribution in [0.3, 0.4) is 0 Å². The molecule has 1 heterocycles. The summed E-state index contributed by atoms with van der Waals surface area (Å²) in [4.78, 5) is 0. The Balaban J connectivity index is 2.21. The molecule has 1 aliphatic rings. The van der Waals surface area contributed by atoms with Crippen molar-refractivity contribution in [1.29, 1.82) is 5.26 Å². The maximum Gasteiger partial charge on any atom is 0.129 e. The van der Waals surface area contributed by atoms with Gasteiger partial charge in [-0.05, 0) is 38.8 Å². The summed E-state index contributed by atoms with van der Waals surface area (Å²) in [6.07, 6.45) is 4.07. The molecular weight excluding hydrogens is 188 g/mol. The van der Waals surface area contributed by atoms with E-state index in [-0.39, 0.29) is 0 Å². The van der Waals surface area contributed by atoms with Gasteiger partial charge in [0.15, 0.2) is 0 Å². The smallest absolute Gasteiger partial charge is 0.129 e. The van der Waals surface area contributed by atoms with Crippen LogP contribution in [0, 0.1) is 24.2 Å². The molecule has 1 N–H and O–H groups in total. The summed E-state index contributed by atoms with van der Waals surface area (Å²) in [6.45, 7) is 2.65. The van der Waals surface area contributed by atoms with Gasteiger partial charge in [-0.25, -0.2) is 0 Å². The number of nitriles is 1. The zero-order valence-electron chi connectivity index (χ0n) is 9.20. The number of hydrogen-bond donors (Lipinski definition) is 1. The standard InChI is InChI=1S/C11H16N4/c1-9-5-6-14-15(9)8-11(7-12,13-2)10-3-4-10/h5-6,10,13H,3-4,8H2,1-2H3. The molecule has 80 valence electrons. The minimum absolute atomic E-state index is 0.434. The predicted octanol–water partition coefficient (Wildman–Crippen LogP) is 1.08. The van der Waals surface area contributed by atoms with Crippen molar-refractivity contribution in [2.45, 2.75) is 31.8 Å². The maximum absolute atomic E-state index is 9.32. The summed E-state index contributed by atoms with van der Waals surface area (Å²) in [5, 5.41) is 16.7. The molecule has 1 fully saturated rings. The molecule has 0 spiro atoms. The van der Waals surface area contributed by atoms with E-state index in [4.69, 9.17) is 0 Å². The SMILES string of the molecule is CNC(C#N)(Cn1nccc1C)C1CC1. The van der Waals surface area contributed by atoms with Crippen molar-refractivity contribution >= 4 is 0 Å². The fourth-order valence-corrected chi connectivity index (χ4v) is 1.97. The number of nitrogens with one attached hydrogen (secondary N) is 1. The molecule has 4 heteroatoms. The second-order valence-electron chi connectivity index (χ2n) is 4.24. The molecule has 1 aliphatic carbocycles. The van der Waals surface area contributed by atoms with Gasteiger partial charge in [0.25, 0.3) is 0 Å². The Labute approximate surface area is 89.9 Å². The van der Waals surface area contributed by atoms with Crippen molar-refractivity contribution < 1.29 is 0 Å². The zero-order chi connectivity index (χ0) is 10.9. The number of aromatic nitrogens is 2. The van der Waals surface area contributed by atoms with Crippen molar-refractivity contribution in [3.8, 4) is 6.07 Å². The maximum atomic E-state index is 9.32. The van der Waals surface area contributed by atoms with E-state index in [1.165, 1.54) is 0 Å². The van der Waals surface area contributed by atoms with Crippen molar-refractivity contribution in [3.05, 3.63) is 18.0 Å². The Morgan fingerprint density at radius 2 is 2.47 bits per heavy atom. The lowest BCUT2D eigenvalue weighted by Crippen LogP contribution is -2.48. The van der Waals surface area contributed by atoms with Crippen LogP contribution in [-0.4, -0.2) is 22.4 Å². The van der Waals surface area contributed by atoms with Crippen LogP contribution in [0.2, 0.25) is 0 Å². The van der Waals surface area contributed by atoms with Crippen LogP contribution in [-0.2, 0) is 6.54 Å². The van der Waals surface area contributed by atoms with E-state index < -0.39 is 5.54 Å². The third-order valence-corrected chi connectivity index (χ3v) is 3.25. The number of likely N-dealkylation sites (N-methyl/N-ethyl adjacent to an activating group) is 1. The lowest BCUT2D eigenvalue weighted by Gasteiger charge is -2.26. The van der Waals surface area contributed by atoms with Crippen molar-refractivity contribution in [2.75, 3.05) is 7.05 Å². The van der Waals surface area contributed by atoms with E-state index in [2.05, 4.69) is 16.5 Å². The summed E-state index contributed by atoms with van der Waals surface area (Å²) in [5.74, 6) is 0.482. The Morgan fingerprint density at radius 3 is 2.87 bits per heavy atom. The number of rotatable bonds is 4. The molecule has 0 saturated heterocycles. The van der Waals surface area contributed by atoms with Crippen LogP contribution in [0.4, 0.5) is 0 Å². The highest BCUT2D eigenvalue weighted by Gasteiger charge is 2.45. The molecule has 4 nitrogen and oxygen atoms in total. The molecule has 0 bridgehead atoms. The normalized spacial score (nSPS) is 19.5. The summed E-state index contributed by atoms with van der Waals surface area (Å²) < 4.78 is 1.90. The highest BCUT2D eigenvalue weighted by molar-refractivity contribution is 5.15. The lowest BCUT2D eigenvalue weighted by atomic mass is 9.95. The monoisotopic (exact) mass is 204 g/mol. The van der Waals surface area contributed by atoms with Gasteiger partial charge < -0.3 is 5.32 Å². The Hall–Kier alpha value is -1.34. The van der Waals surface area contributed by atoms with Gasteiger partial charge in [-0.15, -0.1) is 0 Å². The Morgan fingerprint density at radius 1 is 1.73 bits per heavy atom. The minimum atomic E-state index is -0.434. The van der Waals surface area contributed by atoms with Gasteiger partial charge >= 0.3 is 0 Å². The summed E-state index contributed by atoms with van der Waals surface area (Å²) in [5.41, 5.74) is 0.669. The van der Waals surface area contributed by atoms with Gasteiger partial charge in [0, 0.05) is 11.9 Å². The van der Waals surface area contributed by atoms with Gasteiger partial charge in [0.2, 0.25) is 0 Å². The van der Waals surface area contributed by atoms with Crippen LogP contribution in [0.25, 0.3) is 0 Å². The van der Waals surface area contributed by atoms with Crippen LogP contribution >= 0.6 is 0 Å². The molecule has 1 aromatic rings. The molecule has 1 saturated carbocycles. The van der Waals surface area contributed by atoms with E-state index in [0.29, 0.717) is 12.5 Å². The molecule has 2 rings (SSSR count). The quantitative estimate of drug-likeness (QED) is 0.798. The topological polar surface area (TPSA) is 53.6 Å². The second kappa shape index (κ2) is 3.67. The van der Waals surface area contributed by atoms with E-state index >= 15 is 0 Å². The van der Waals surface area contributed by atoms with Crippen molar-refractivity contribution in [3.63, 3.8) is 0 Å². The van der Waals surface area contributed by atoms with Crippen LogP contribution in [0.5, 0.6) is 0 Å². The fourth-order valence-electron chi connectivity index (χ4n) is 1.97. The molecule has 0 aliphatic heterocycles. The van der Waals surface area contributed by atoms with Crippen LogP contribution in [0.1, 0.15) is 18.5 Å². The summed E-state index contributed by atoms with van der Waals surface area (Å²) >= 11 is 0. The average molecular weight is 204 g/mol. The first kappa shape index (κ1) is 10.2. The fraction of sp³-hybridized carbons (Fsp3) is 0.636. The molecule has 1 aromatic heterocycles. The number of hydrogen-bond acceptors (Lipinski definition) is 3. The molecule has 0 radical (unpaired) electrons. The van der Waals surface area contributed by atoms with Crippen LogP contribution in [0.15, 0.2) is 12.3 Å². The third-order valence-electron chi connectivity index (χ3n) is 3.25. The lowest BCUT2D eigenvalue weighted by molar-refractivity contribution is 0.323. The van der Waals surface area contributed by atoms with Gasteiger partial charge in [-0.1, -0.05) is 0 Å². The van der Waals surface area contributed by atoms with Crippen molar-refractivity contribution in [1.82, 2.24) is 15.1 Å². The summed E-state index contributed by atoms with van der Waals surface area (Å²) in [6, 6.07) is 4.38. The highest BCUT2D eigenvalue weighted by atomic mass is 15.3. The zero-order valence-corrected chi connectivity index (χ0v) is 9.20. The minimum Gasteiger partial charge on any atom is -0.301 e. The molecular formula is C11H16N4. The highest BCUT2D eigenvalue weighted by Crippen LogP contribution is 2.40. The summed E-state index contributed by atoms with van der Waals surface area (Å²) in [7, 11) is 1.86. The van der Waals surface area contributed by atoms with E-state index in [0.717, 1.165) is 18.5 Å². The average Bonchev–Trinajstić information content (AvgIpc) is 3.02. The van der Waals surface area contributed by atoms with E-state index in [1.807, 2.05) is 24.7 Å². The first-order chi connectivity index (χ1) is 7.22. The van der Waals surface area contributed by atoms with E-state index in [1.54, 1.807) is 6.20 Å². The third kappa shape index (κ3) is 1.75. The first-order valence-corrected chi connectivity index (χ1v) is 5.30. The Kier molecular flexibility index (Phi) is 2.49. The van der Waals surface area contributed by atoms with E-state index in [9.17, 15) is 5.26 Å². The molecule has 0 amide bonds. The number of nitrogens with zero attached hydrogens (tertiary/aromatic N) is 3. The molecule has 1 unspecified atom stereocenters.